The Hall–Kier alpha value is -2.50. The van der Waals surface area contributed by atoms with Crippen molar-refractivity contribution in [3.8, 4) is 11.3 Å². The lowest BCUT2D eigenvalue weighted by Gasteiger charge is -2.23. The van der Waals surface area contributed by atoms with Gasteiger partial charge in [0.05, 0.1) is 6.20 Å². The summed E-state index contributed by atoms with van der Waals surface area (Å²) >= 11 is 0. The Balaban J connectivity index is 2.06. The molecule has 1 aromatic heterocycles. The third kappa shape index (κ3) is 3.47. The van der Waals surface area contributed by atoms with Crippen molar-refractivity contribution in [3.05, 3.63) is 42.0 Å². The van der Waals surface area contributed by atoms with Crippen LogP contribution in [0, 0.1) is 5.82 Å². The Labute approximate surface area is 133 Å². The van der Waals surface area contributed by atoms with Gasteiger partial charge >= 0.3 is 5.97 Å². The van der Waals surface area contributed by atoms with Crippen LogP contribution in [0.1, 0.15) is 36.2 Å². The first-order valence-electron chi connectivity index (χ1n) is 7.76. The van der Waals surface area contributed by atoms with Gasteiger partial charge in [0.25, 0.3) is 0 Å². The maximum Gasteiger partial charge on any atom is 0.356 e. The van der Waals surface area contributed by atoms with E-state index in [9.17, 15) is 14.3 Å². The van der Waals surface area contributed by atoms with Gasteiger partial charge in [0, 0.05) is 18.7 Å². The molecular formula is C17H18FN3O2. The molecule has 2 heterocycles. The smallest absolute Gasteiger partial charge is 0.356 e. The van der Waals surface area contributed by atoms with E-state index in [1.165, 1.54) is 31.2 Å². The topological polar surface area (TPSA) is 66.3 Å². The van der Waals surface area contributed by atoms with E-state index in [1.807, 2.05) is 0 Å². The van der Waals surface area contributed by atoms with Gasteiger partial charge in [-0.2, -0.15) is 0 Å². The molecule has 0 amide bonds. The minimum atomic E-state index is -1.12. The summed E-state index contributed by atoms with van der Waals surface area (Å²) in [6.45, 7) is 1.74. The van der Waals surface area contributed by atoms with Crippen LogP contribution in [0.5, 0.6) is 0 Å². The van der Waals surface area contributed by atoms with Crippen LogP contribution < -0.4 is 4.90 Å². The van der Waals surface area contributed by atoms with Crippen LogP contribution in [0.3, 0.4) is 0 Å². The van der Waals surface area contributed by atoms with Crippen LogP contribution in [0.4, 0.5) is 10.2 Å². The molecule has 6 heteroatoms. The maximum atomic E-state index is 13.2. The number of halogens is 1. The highest BCUT2D eigenvalue weighted by atomic mass is 19.1. The van der Waals surface area contributed by atoms with Gasteiger partial charge in [-0.15, -0.1) is 0 Å². The summed E-state index contributed by atoms with van der Waals surface area (Å²) in [5.74, 6) is -0.792. The third-order valence-electron chi connectivity index (χ3n) is 4.00. The monoisotopic (exact) mass is 315 g/mol. The number of aromatic nitrogens is 2. The second kappa shape index (κ2) is 6.73. The van der Waals surface area contributed by atoms with E-state index in [1.54, 1.807) is 12.1 Å². The van der Waals surface area contributed by atoms with Crippen molar-refractivity contribution in [3.63, 3.8) is 0 Å². The van der Waals surface area contributed by atoms with Crippen LogP contribution in [0.2, 0.25) is 0 Å². The molecule has 120 valence electrons. The van der Waals surface area contributed by atoms with Crippen LogP contribution in [-0.2, 0) is 0 Å². The lowest BCUT2D eigenvalue weighted by Crippen LogP contribution is -2.26. The van der Waals surface area contributed by atoms with E-state index in [0.29, 0.717) is 17.1 Å². The fraction of sp³-hybridized carbons (Fsp3) is 0.353. The molecule has 1 aliphatic heterocycles. The zero-order valence-electron chi connectivity index (χ0n) is 12.7. The summed E-state index contributed by atoms with van der Waals surface area (Å²) in [5, 5.41) is 9.17. The molecule has 1 fully saturated rings. The van der Waals surface area contributed by atoms with E-state index in [2.05, 4.69) is 14.9 Å². The number of carboxylic acids is 1. The summed E-state index contributed by atoms with van der Waals surface area (Å²) in [4.78, 5) is 22.0. The summed E-state index contributed by atoms with van der Waals surface area (Å²) in [5.41, 5.74) is 1.05. The molecule has 0 radical (unpaired) electrons. The highest BCUT2D eigenvalue weighted by Gasteiger charge is 2.19. The molecule has 1 saturated heterocycles. The van der Waals surface area contributed by atoms with E-state index >= 15 is 0 Å². The molecule has 1 aliphatic rings. The lowest BCUT2D eigenvalue weighted by atomic mass is 10.1. The number of hydrogen-bond acceptors (Lipinski definition) is 4. The van der Waals surface area contributed by atoms with Crippen LogP contribution in [0.15, 0.2) is 30.5 Å². The van der Waals surface area contributed by atoms with E-state index in [-0.39, 0.29) is 11.5 Å². The van der Waals surface area contributed by atoms with Crippen molar-refractivity contribution in [2.75, 3.05) is 18.0 Å². The number of aromatic carboxylic acids is 1. The Morgan fingerprint density at radius 2 is 1.74 bits per heavy atom. The molecule has 0 saturated carbocycles. The molecule has 2 aromatic rings. The normalized spacial score (nSPS) is 15.3. The summed E-state index contributed by atoms with van der Waals surface area (Å²) < 4.78 is 13.2. The first-order valence-corrected chi connectivity index (χ1v) is 7.76. The largest absolute Gasteiger partial charge is 0.476 e. The fourth-order valence-electron chi connectivity index (χ4n) is 2.80. The maximum absolute atomic E-state index is 13.2. The first kappa shape index (κ1) is 15.4. The van der Waals surface area contributed by atoms with Crippen LogP contribution in [0.25, 0.3) is 11.3 Å². The average Bonchev–Trinajstić information content (AvgIpc) is 2.84. The molecule has 23 heavy (non-hydrogen) atoms. The second-order valence-electron chi connectivity index (χ2n) is 5.64. The summed E-state index contributed by atoms with van der Waals surface area (Å²) in [6, 6.07) is 5.89. The Kier molecular flexibility index (Phi) is 4.50. The van der Waals surface area contributed by atoms with Gasteiger partial charge in [0.2, 0.25) is 0 Å². The molecule has 0 aliphatic carbocycles. The molecule has 1 aromatic carbocycles. The lowest BCUT2D eigenvalue weighted by molar-refractivity contribution is 0.0690. The average molecular weight is 315 g/mol. The zero-order valence-corrected chi connectivity index (χ0v) is 12.7. The predicted octanol–water partition coefficient (Wildman–Crippen LogP) is 3.36. The molecule has 0 bridgehead atoms. The van der Waals surface area contributed by atoms with Crippen molar-refractivity contribution in [1.82, 2.24) is 9.97 Å². The van der Waals surface area contributed by atoms with Crippen LogP contribution >= 0.6 is 0 Å². The van der Waals surface area contributed by atoms with E-state index in [4.69, 9.17) is 0 Å². The molecule has 0 spiro atoms. The van der Waals surface area contributed by atoms with Crippen molar-refractivity contribution in [1.29, 1.82) is 0 Å². The highest BCUT2D eigenvalue weighted by molar-refractivity contribution is 5.87. The first-order chi connectivity index (χ1) is 11.1. The number of hydrogen-bond donors (Lipinski definition) is 1. The van der Waals surface area contributed by atoms with Gasteiger partial charge in [-0.3, -0.25) is 0 Å². The minimum Gasteiger partial charge on any atom is -0.476 e. The molecular weight excluding hydrogens is 297 g/mol. The van der Waals surface area contributed by atoms with Crippen molar-refractivity contribution < 1.29 is 14.3 Å². The van der Waals surface area contributed by atoms with Gasteiger partial charge in [0.1, 0.15) is 11.5 Å². The minimum absolute atomic E-state index is 0.108. The van der Waals surface area contributed by atoms with Gasteiger partial charge in [-0.1, -0.05) is 12.8 Å². The summed E-state index contributed by atoms with van der Waals surface area (Å²) in [6.07, 6.45) is 5.80. The SMILES string of the molecule is O=C(O)c1cnc(N2CCCCCC2)c(-c2ccc(F)cc2)n1. The van der Waals surface area contributed by atoms with Gasteiger partial charge in [-0.05, 0) is 37.1 Å². The number of benzene rings is 1. The quantitative estimate of drug-likeness (QED) is 0.940. The second-order valence-corrected chi connectivity index (χ2v) is 5.64. The molecule has 1 N–H and O–H groups in total. The van der Waals surface area contributed by atoms with Gasteiger partial charge in [0.15, 0.2) is 11.5 Å². The van der Waals surface area contributed by atoms with Crippen molar-refractivity contribution in [2.45, 2.75) is 25.7 Å². The zero-order chi connectivity index (χ0) is 16.2. The van der Waals surface area contributed by atoms with Crippen molar-refractivity contribution >= 4 is 11.8 Å². The van der Waals surface area contributed by atoms with Gasteiger partial charge in [-0.25, -0.2) is 19.2 Å². The van der Waals surface area contributed by atoms with Crippen molar-refractivity contribution in [2.24, 2.45) is 0 Å². The number of anilines is 1. The number of carbonyl (C=O) groups is 1. The number of rotatable bonds is 3. The van der Waals surface area contributed by atoms with E-state index in [0.717, 1.165) is 25.9 Å². The van der Waals surface area contributed by atoms with E-state index < -0.39 is 5.97 Å². The molecule has 5 nitrogen and oxygen atoms in total. The van der Waals surface area contributed by atoms with Crippen LogP contribution in [-0.4, -0.2) is 34.1 Å². The van der Waals surface area contributed by atoms with Gasteiger partial charge < -0.3 is 10.0 Å². The fourth-order valence-corrected chi connectivity index (χ4v) is 2.80. The standard InChI is InChI=1S/C17H18FN3O2/c18-13-7-5-12(6-8-13)15-16(19-11-14(20-15)17(22)23)21-9-3-1-2-4-10-21/h5-8,11H,1-4,9-10H2,(H,22,23). The predicted molar refractivity (Wildman–Crippen MR) is 85.1 cm³/mol. The Bertz CT molecular complexity index is 695. The molecule has 3 rings (SSSR count). The highest BCUT2D eigenvalue weighted by Crippen LogP contribution is 2.29. The number of nitrogens with zero attached hydrogens (tertiary/aromatic N) is 3. The Morgan fingerprint density at radius 3 is 2.35 bits per heavy atom. The molecule has 0 atom stereocenters. The number of carboxylic acid groups (broad SMARTS) is 1. The summed E-state index contributed by atoms with van der Waals surface area (Å²) in [7, 11) is 0. The molecule has 0 unspecified atom stereocenters. The third-order valence-corrected chi connectivity index (χ3v) is 4.00. The Morgan fingerprint density at radius 1 is 1.09 bits per heavy atom.